The molecule has 17 heavy (non-hydrogen) atoms. The smallest absolute Gasteiger partial charge is 0.118 e. The van der Waals surface area contributed by atoms with Crippen LogP contribution in [0.5, 0.6) is 5.75 Å². The molecule has 0 aromatic heterocycles. The van der Waals surface area contributed by atoms with Crippen molar-refractivity contribution in [2.75, 3.05) is 13.7 Å². The zero-order valence-corrected chi connectivity index (χ0v) is 10.5. The van der Waals surface area contributed by atoms with Crippen LogP contribution in [0.3, 0.4) is 0 Å². The predicted octanol–water partition coefficient (Wildman–Crippen LogP) is 2.17. The van der Waals surface area contributed by atoms with Gasteiger partial charge in [0, 0.05) is 13.0 Å². The minimum Gasteiger partial charge on any atom is -0.497 e. The molecule has 3 nitrogen and oxygen atoms in total. The van der Waals surface area contributed by atoms with Crippen LogP contribution in [-0.2, 0) is 11.2 Å². The molecule has 0 bridgehead atoms. The van der Waals surface area contributed by atoms with Crippen LogP contribution in [0.1, 0.15) is 25.3 Å². The molecular formula is C14H20O3. The molecule has 0 spiro atoms. The summed E-state index contributed by atoms with van der Waals surface area (Å²) in [5.74, 6) is 0.866. The Morgan fingerprint density at radius 1 is 1.41 bits per heavy atom. The van der Waals surface area contributed by atoms with Gasteiger partial charge in [-0.1, -0.05) is 12.1 Å². The molecule has 2 atom stereocenters. The summed E-state index contributed by atoms with van der Waals surface area (Å²) in [4.78, 5) is 0. The largest absolute Gasteiger partial charge is 0.497 e. The van der Waals surface area contributed by atoms with E-state index in [4.69, 9.17) is 9.47 Å². The van der Waals surface area contributed by atoms with Crippen molar-refractivity contribution in [1.82, 2.24) is 0 Å². The Balaban J connectivity index is 1.93. The van der Waals surface area contributed by atoms with E-state index in [-0.39, 0.29) is 6.10 Å². The minimum absolute atomic E-state index is 0.0549. The molecule has 1 aromatic carbocycles. The maximum Gasteiger partial charge on any atom is 0.118 e. The number of methoxy groups -OCH3 is 1. The fourth-order valence-corrected chi connectivity index (χ4v) is 2.25. The summed E-state index contributed by atoms with van der Waals surface area (Å²) in [6.45, 7) is 2.61. The normalized spacial score (nSPS) is 28.3. The molecule has 0 aliphatic carbocycles. The molecule has 1 saturated heterocycles. The molecule has 0 radical (unpaired) electrons. The van der Waals surface area contributed by atoms with E-state index in [1.54, 1.807) is 7.11 Å². The van der Waals surface area contributed by atoms with Crippen LogP contribution in [-0.4, -0.2) is 30.5 Å². The van der Waals surface area contributed by atoms with Crippen molar-refractivity contribution >= 4 is 0 Å². The van der Waals surface area contributed by atoms with Crippen molar-refractivity contribution in [2.24, 2.45) is 0 Å². The van der Waals surface area contributed by atoms with Crippen molar-refractivity contribution in [1.29, 1.82) is 0 Å². The van der Waals surface area contributed by atoms with Gasteiger partial charge in [0.15, 0.2) is 0 Å². The number of aliphatic hydroxyl groups is 1. The number of benzene rings is 1. The number of rotatable bonds is 4. The highest BCUT2D eigenvalue weighted by atomic mass is 16.5. The summed E-state index contributed by atoms with van der Waals surface area (Å²) in [5.41, 5.74) is 0.568. The Bertz CT molecular complexity index is 360. The third-order valence-corrected chi connectivity index (χ3v) is 3.67. The predicted molar refractivity (Wildman–Crippen MR) is 66.3 cm³/mol. The Labute approximate surface area is 102 Å². The summed E-state index contributed by atoms with van der Waals surface area (Å²) in [7, 11) is 1.66. The fraction of sp³-hybridized carbons (Fsp3) is 0.571. The van der Waals surface area contributed by atoms with Crippen LogP contribution in [0.4, 0.5) is 0 Å². The molecule has 0 amide bonds. The molecular weight excluding hydrogens is 216 g/mol. The van der Waals surface area contributed by atoms with Crippen LogP contribution in [0.15, 0.2) is 24.3 Å². The van der Waals surface area contributed by atoms with E-state index in [0.717, 1.165) is 25.0 Å². The molecule has 1 N–H and O–H groups in total. The van der Waals surface area contributed by atoms with E-state index >= 15 is 0 Å². The average Bonchev–Trinajstić information content (AvgIpc) is 2.68. The highest BCUT2D eigenvalue weighted by Crippen LogP contribution is 2.30. The van der Waals surface area contributed by atoms with Crippen LogP contribution >= 0.6 is 0 Å². The van der Waals surface area contributed by atoms with Gasteiger partial charge in [-0.25, -0.2) is 0 Å². The molecule has 2 unspecified atom stereocenters. The quantitative estimate of drug-likeness (QED) is 0.870. The van der Waals surface area contributed by atoms with Crippen molar-refractivity contribution in [3.05, 3.63) is 29.8 Å². The molecule has 3 heteroatoms. The van der Waals surface area contributed by atoms with Crippen molar-refractivity contribution in [3.63, 3.8) is 0 Å². The molecule has 94 valence electrons. The fourth-order valence-electron chi connectivity index (χ4n) is 2.25. The van der Waals surface area contributed by atoms with E-state index in [9.17, 15) is 5.11 Å². The van der Waals surface area contributed by atoms with Gasteiger partial charge in [0.05, 0.1) is 18.8 Å². The molecule has 1 aliphatic rings. The Hall–Kier alpha value is -1.06. The van der Waals surface area contributed by atoms with Crippen LogP contribution in [0.2, 0.25) is 0 Å². The second-order valence-corrected chi connectivity index (χ2v) is 4.71. The van der Waals surface area contributed by atoms with Gasteiger partial charge in [-0.15, -0.1) is 0 Å². The highest BCUT2D eigenvalue weighted by Gasteiger charge is 2.38. The maximum absolute atomic E-state index is 10.4. The first-order chi connectivity index (χ1) is 8.14. The van der Waals surface area contributed by atoms with Gasteiger partial charge >= 0.3 is 0 Å². The highest BCUT2D eigenvalue weighted by molar-refractivity contribution is 5.27. The topological polar surface area (TPSA) is 38.7 Å². The van der Waals surface area contributed by atoms with Crippen molar-refractivity contribution in [3.8, 4) is 5.75 Å². The second-order valence-electron chi connectivity index (χ2n) is 4.71. The van der Waals surface area contributed by atoms with Crippen LogP contribution < -0.4 is 4.74 Å². The number of aryl methyl sites for hydroxylation is 1. The molecule has 0 saturated carbocycles. The first-order valence-electron chi connectivity index (χ1n) is 6.11. The molecule has 1 aromatic rings. The monoisotopic (exact) mass is 236 g/mol. The molecule has 1 fully saturated rings. The third-order valence-electron chi connectivity index (χ3n) is 3.67. The van der Waals surface area contributed by atoms with Gasteiger partial charge in [-0.2, -0.15) is 0 Å². The zero-order chi connectivity index (χ0) is 12.3. The molecule has 2 rings (SSSR count). The van der Waals surface area contributed by atoms with Crippen molar-refractivity contribution < 1.29 is 14.6 Å². The summed E-state index contributed by atoms with van der Waals surface area (Å²) >= 11 is 0. The van der Waals surface area contributed by atoms with Crippen molar-refractivity contribution in [2.45, 2.75) is 37.9 Å². The number of hydrogen-bond donors (Lipinski definition) is 1. The molecule has 1 aliphatic heterocycles. The SMILES string of the molecule is COc1ccc(CCC2(O)CCOC2C)cc1. The third kappa shape index (κ3) is 2.79. The van der Waals surface area contributed by atoms with E-state index < -0.39 is 5.60 Å². The van der Waals surface area contributed by atoms with Crippen LogP contribution in [0, 0.1) is 0 Å². The van der Waals surface area contributed by atoms with E-state index in [1.165, 1.54) is 5.56 Å². The summed E-state index contributed by atoms with van der Waals surface area (Å²) in [6, 6.07) is 7.99. The van der Waals surface area contributed by atoms with Gasteiger partial charge in [-0.3, -0.25) is 0 Å². The summed E-state index contributed by atoms with van der Waals surface area (Å²) in [5, 5.41) is 10.4. The lowest BCUT2D eigenvalue weighted by atomic mass is 9.89. The summed E-state index contributed by atoms with van der Waals surface area (Å²) in [6.07, 6.45) is 2.31. The lowest BCUT2D eigenvalue weighted by Crippen LogP contribution is -2.36. The zero-order valence-electron chi connectivity index (χ0n) is 10.5. The van der Waals surface area contributed by atoms with Gasteiger partial charge in [0.2, 0.25) is 0 Å². The van der Waals surface area contributed by atoms with E-state index in [2.05, 4.69) is 0 Å². The number of hydrogen-bond acceptors (Lipinski definition) is 3. The van der Waals surface area contributed by atoms with Gasteiger partial charge in [0.1, 0.15) is 5.75 Å². The standard InChI is InChI=1S/C14H20O3/c1-11-14(15,9-10-17-11)8-7-12-3-5-13(16-2)6-4-12/h3-6,11,15H,7-10H2,1-2H3. The average molecular weight is 236 g/mol. The minimum atomic E-state index is -0.653. The second kappa shape index (κ2) is 5.07. The van der Waals surface area contributed by atoms with E-state index in [1.807, 2.05) is 31.2 Å². The lowest BCUT2D eigenvalue weighted by molar-refractivity contribution is -0.0327. The Kier molecular flexibility index (Phi) is 3.69. The van der Waals surface area contributed by atoms with E-state index in [0.29, 0.717) is 6.61 Å². The summed E-state index contributed by atoms with van der Waals surface area (Å²) < 4.78 is 10.5. The van der Waals surface area contributed by atoms with Gasteiger partial charge < -0.3 is 14.6 Å². The number of ether oxygens (including phenoxy) is 2. The van der Waals surface area contributed by atoms with Crippen LogP contribution in [0.25, 0.3) is 0 Å². The van der Waals surface area contributed by atoms with Gasteiger partial charge in [-0.05, 0) is 37.5 Å². The molecule has 1 heterocycles. The Morgan fingerprint density at radius 2 is 2.12 bits per heavy atom. The lowest BCUT2D eigenvalue weighted by Gasteiger charge is -2.25. The maximum atomic E-state index is 10.4. The Morgan fingerprint density at radius 3 is 2.65 bits per heavy atom. The first kappa shape index (κ1) is 12.4. The van der Waals surface area contributed by atoms with Gasteiger partial charge in [0.25, 0.3) is 0 Å². The first-order valence-corrected chi connectivity index (χ1v) is 6.11.